The highest BCUT2D eigenvalue weighted by atomic mass is 35.5. The molecule has 0 fully saturated rings. The average Bonchev–Trinajstić information content (AvgIpc) is 2.48. The van der Waals surface area contributed by atoms with Crippen molar-refractivity contribution >= 4 is 23.2 Å². The summed E-state index contributed by atoms with van der Waals surface area (Å²) in [6.07, 6.45) is 13.0. The van der Waals surface area contributed by atoms with Crippen molar-refractivity contribution in [2.45, 2.75) is 77.2 Å². The number of rotatable bonds is 11. The maximum Gasteiger partial charge on any atom is 0.0639 e. The summed E-state index contributed by atoms with van der Waals surface area (Å²) in [4.78, 5) is 0. The number of unbranched alkanes of at least 4 members (excludes halogenated alkanes) is 8. The second kappa shape index (κ2) is 11.3. The van der Waals surface area contributed by atoms with E-state index in [2.05, 4.69) is 6.92 Å². The van der Waals surface area contributed by atoms with E-state index in [0.717, 1.165) is 12.0 Å². The molecule has 0 aliphatic carbocycles. The molecule has 1 unspecified atom stereocenters. The number of nitrogens with two attached hydrogens (primary N) is 1. The molecule has 3 heteroatoms. The molecule has 0 amide bonds. The molecule has 21 heavy (non-hydrogen) atoms. The third-order valence-corrected chi connectivity index (χ3v) is 4.83. The molecule has 1 aromatic carbocycles. The van der Waals surface area contributed by atoms with Crippen LogP contribution in [0, 0.1) is 0 Å². The summed E-state index contributed by atoms with van der Waals surface area (Å²) in [7, 11) is 0. The first-order valence-corrected chi connectivity index (χ1v) is 9.12. The monoisotopic (exact) mass is 329 g/mol. The molecule has 1 rings (SSSR count). The van der Waals surface area contributed by atoms with Crippen molar-refractivity contribution in [3.8, 4) is 0 Å². The quantitative estimate of drug-likeness (QED) is 0.438. The molecule has 1 aromatic rings. The largest absolute Gasteiger partial charge is 0.324 e. The highest BCUT2D eigenvalue weighted by molar-refractivity contribution is 6.42. The lowest BCUT2D eigenvalue weighted by Gasteiger charge is -2.14. The lowest BCUT2D eigenvalue weighted by molar-refractivity contribution is 0.532. The topological polar surface area (TPSA) is 26.0 Å². The van der Waals surface area contributed by atoms with Crippen molar-refractivity contribution in [1.29, 1.82) is 0 Å². The van der Waals surface area contributed by atoms with Crippen molar-refractivity contribution in [2.75, 3.05) is 0 Å². The third-order valence-electron chi connectivity index (χ3n) is 4.00. The van der Waals surface area contributed by atoms with E-state index in [0.29, 0.717) is 10.0 Å². The van der Waals surface area contributed by atoms with Gasteiger partial charge < -0.3 is 5.73 Å². The van der Waals surface area contributed by atoms with Crippen LogP contribution in [0.4, 0.5) is 0 Å². The molecule has 0 aromatic heterocycles. The Morgan fingerprint density at radius 1 is 0.905 bits per heavy atom. The smallest absolute Gasteiger partial charge is 0.0639 e. The normalized spacial score (nSPS) is 12.6. The highest BCUT2D eigenvalue weighted by Gasteiger charge is 2.11. The minimum absolute atomic E-state index is 0.000698. The van der Waals surface area contributed by atoms with Crippen molar-refractivity contribution in [2.24, 2.45) is 5.73 Å². The minimum atomic E-state index is 0.000698. The Kier molecular flexibility index (Phi) is 10.2. The van der Waals surface area contributed by atoms with E-state index in [1.54, 1.807) is 6.07 Å². The van der Waals surface area contributed by atoms with Gasteiger partial charge in [-0.05, 0) is 18.1 Å². The molecule has 2 N–H and O–H groups in total. The molecule has 120 valence electrons. The number of benzene rings is 1. The first-order valence-electron chi connectivity index (χ1n) is 8.36. The Labute approximate surface area is 140 Å². The zero-order chi connectivity index (χ0) is 15.5. The molecular formula is C18H29Cl2N. The van der Waals surface area contributed by atoms with Gasteiger partial charge in [-0.3, -0.25) is 0 Å². The Hall–Kier alpha value is -0.240. The summed E-state index contributed by atoms with van der Waals surface area (Å²) in [5.41, 5.74) is 7.19. The predicted octanol–water partition coefficient (Wildman–Crippen LogP) is 6.91. The maximum absolute atomic E-state index is 6.22. The molecule has 0 spiro atoms. The van der Waals surface area contributed by atoms with Crippen LogP contribution >= 0.6 is 23.2 Å². The summed E-state index contributed by atoms with van der Waals surface area (Å²) >= 11 is 12.2. The Balaban J connectivity index is 2.11. The lowest BCUT2D eigenvalue weighted by Crippen LogP contribution is -2.10. The van der Waals surface area contributed by atoms with Crippen molar-refractivity contribution in [1.82, 2.24) is 0 Å². The molecule has 1 atom stereocenters. The molecule has 0 radical (unpaired) electrons. The molecule has 0 aliphatic rings. The zero-order valence-corrected chi connectivity index (χ0v) is 14.7. The van der Waals surface area contributed by atoms with Crippen LogP contribution in [-0.4, -0.2) is 0 Å². The number of hydrogen-bond acceptors (Lipinski definition) is 1. The summed E-state index contributed by atoms with van der Waals surface area (Å²) in [5.74, 6) is 0. The Morgan fingerprint density at radius 3 is 2.10 bits per heavy atom. The van der Waals surface area contributed by atoms with Crippen LogP contribution in [0.25, 0.3) is 0 Å². The van der Waals surface area contributed by atoms with Crippen LogP contribution in [0.5, 0.6) is 0 Å². The predicted molar refractivity (Wildman–Crippen MR) is 95.2 cm³/mol. The van der Waals surface area contributed by atoms with Crippen LogP contribution < -0.4 is 5.73 Å². The van der Waals surface area contributed by atoms with E-state index in [-0.39, 0.29) is 6.04 Å². The van der Waals surface area contributed by atoms with Gasteiger partial charge in [0.25, 0.3) is 0 Å². The fourth-order valence-electron chi connectivity index (χ4n) is 2.64. The second-order valence-electron chi connectivity index (χ2n) is 5.87. The summed E-state index contributed by atoms with van der Waals surface area (Å²) in [6.45, 7) is 2.26. The third kappa shape index (κ3) is 7.54. The number of halogens is 2. The van der Waals surface area contributed by atoms with Crippen molar-refractivity contribution in [3.63, 3.8) is 0 Å². The number of hydrogen-bond donors (Lipinski definition) is 1. The molecule has 0 bridgehead atoms. The van der Waals surface area contributed by atoms with E-state index < -0.39 is 0 Å². The van der Waals surface area contributed by atoms with Gasteiger partial charge in [-0.25, -0.2) is 0 Å². The summed E-state index contributed by atoms with van der Waals surface area (Å²) in [6, 6.07) is 5.70. The van der Waals surface area contributed by atoms with Gasteiger partial charge in [-0.2, -0.15) is 0 Å². The van der Waals surface area contributed by atoms with E-state index >= 15 is 0 Å². The van der Waals surface area contributed by atoms with Gasteiger partial charge in [0.15, 0.2) is 0 Å². The van der Waals surface area contributed by atoms with Gasteiger partial charge >= 0.3 is 0 Å². The maximum atomic E-state index is 6.22. The zero-order valence-electron chi connectivity index (χ0n) is 13.2. The van der Waals surface area contributed by atoms with E-state index in [9.17, 15) is 0 Å². The lowest BCUT2D eigenvalue weighted by atomic mass is 10.00. The van der Waals surface area contributed by atoms with Crippen LogP contribution in [0.1, 0.15) is 82.7 Å². The summed E-state index contributed by atoms with van der Waals surface area (Å²) in [5, 5.41) is 1.21. The molecule has 0 aliphatic heterocycles. The molecular weight excluding hydrogens is 301 g/mol. The molecule has 0 saturated heterocycles. The first kappa shape index (κ1) is 18.8. The van der Waals surface area contributed by atoms with Crippen LogP contribution in [-0.2, 0) is 0 Å². The van der Waals surface area contributed by atoms with Crippen molar-refractivity contribution < 1.29 is 0 Å². The van der Waals surface area contributed by atoms with Crippen LogP contribution in [0.3, 0.4) is 0 Å². The van der Waals surface area contributed by atoms with Gasteiger partial charge in [-0.15, -0.1) is 0 Å². The fraction of sp³-hybridized carbons (Fsp3) is 0.667. The van der Waals surface area contributed by atoms with Gasteiger partial charge in [0.1, 0.15) is 0 Å². The Morgan fingerprint density at radius 2 is 1.48 bits per heavy atom. The van der Waals surface area contributed by atoms with E-state index in [1.807, 2.05) is 12.1 Å². The van der Waals surface area contributed by atoms with Gasteiger partial charge in [0, 0.05) is 6.04 Å². The van der Waals surface area contributed by atoms with Crippen LogP contribution in [0.2, 0.25) is 10.0 Å². The van der Waals surface area contributed by atoms with E-state index in [4.69, 9.17) is 28.9 Å². The minimum Gasteiger partial charge on any atom is -0.324 e. The molecule has 1 nitrogen and oxygen atoms in total. The van der Waals surface area contributed by atoms with Gasteiger partial charge in [-0.1, -0.05) is 100 Å². The van der Waals surface area contributed by atoms with Gasteiger partial charge in [0.2, 0.25) is 0 Å². The van der Waals surface area contributed by atoms with Crippen LogP contribution in [0.15, 0.2) is 18.2 Å². The SMILES string of the molecule is CCCCCCCCCCCC(N)c1cccc(Cl)c1Cl. The molecule has 0 heterocycles. The highest BCUT2D eigenvalue weighted by Crippen LogP contribution is 2.31. The summed E-state index contributed by atoms with van der Waals surface area (Å²) < 4.78 is 0. The Bertz CT molecular complexity index is 393. The van der Waals surface area contributed by atoms with Crippen molar-refractivity contribution in [3.05, 3.63) is 33.8 Å². The fourth-order valence-corrected chi connectivity index (χ4v) is 3.09. The standard InChI is InChI=1S/C18H29Cl2N/c1-2-3-4-5-6-7-8-9-10-14-17(21)15-12-11-13-16(19)18(15)20/h11-13,17H,2-10,14,21H2,1H3. The molecule has 0 saturated carbocycles. The second-order valence-corrected chi connectivity index (χ2v) is 6.65. The first-order chi connectivity index (χ1) is 10.2. The van der Waals surface area contributed by atoms with E-state index in [1.165, 1.54) is 57.8 Å². The van der Waals surface area contributed by atoms with Gasteiger partial charge in [0.05, 0.1) is 10.0 Å². The average molecular weight is 330 g/mol.